The predicted octanol–water partition coefficient (Wildman–Crippen LogP) is 3.35. The molecule has 0 unspecified atom stereocenters. The second-order valence-electron chi connectivity index (χ2n) is 6.01. The van der Waals surface area contributed by atoms with Crippen LogP contribution in [0.2, 0.25) is 0 Å². The Labute approximate surface area is 154 Å². The summed E-state index contributed by atoms with van der Waals surface area (Å²) in [5.74, 6) is 1.52. The van der Waals surface area contributed by atoms with Crippen LogP contribution >= 0.6 is 0 Å². The van der Waals surface area contributed by atoms with Gasteiger partial charge in [-0.2, -0.15) is 0 Å². The average molecular weight is 358 g/mol. The SMILES string of the molecule is COc1ccc(C[C@@H](CCC(=O)OCCO)c2ccc(OC)cc2)cc1. The third-order valence-electron chi connectivity index (χ3n) is 4.28. The third kappa shape index (κ3) is 6.08. The van der Waals surface area contributed by atoms with Crippen molar-refractivity contribution in [2.75, 3.05) is 27.4 Å². The number of aliphatic hydroxyl groups excluding tert-OH is 1. The minimum absolute atomic E-state index is 0.0461. The lowest BCUT2D eigenvalue weighted by Gasteiger charge is -2.18. The molecule has 0 radical (unpaired) electrons. The number of aliphatic hydroxyl groups is 1. The zero-order valence-electron chi connectivity index (χ0n) is 15.3. The van der Waals surface area contributed by atoms with Crippen LogP contribution in [0.3, 0.4) is 0 Å². The summed E-state index contributed by atoms with van der Waals surface area (Å²) in [6.45, 7) is -0.107. The van der Waals surface area contributed by atoms with Crippen molar-refractivity contribution in [2.45, 2.75) is 25.2 Å². The maximum atomic E-state index is 11.8. The molecule has 5 heteroatoms. The number of ether oxygens (including phenoxy) is 3. The van der Waals surface area contributed by atoms with Crippen molar-refractivity contribution in [2.24, 2.45) is 0 Å². The van der Waals surface area contributed by atoms with Crippen molar-refractivity contribution >= 4 is 5.97 Å². The van der Waals surface area contributed by atoms with E-state index in [2.05, 4.69) is 0 Å². The van der Waals surface area contributed by atoms with E-state index in [9.17, 15) is 4.79 Å². The highest BCUT2D eigenvalue weighted by Gasteiger charge is 2.16. The van der Waals surface area contributed by atoms with Crippen LogP contribution in [-0.4, -0.2) is 38.5 Å². The summed E-state index contributed by atoms with van der Waals surface area (Å²) in [6.07, 6.45) is 1.79. The highest BCUT2D eigenvalue weighted by molar-refractivity contribution is 5.69. The van der Waals surface area contributed by atoms with Gasteiger partial charge in [-0.3, -0.25) is 4.79 Å². The molecule has 0 amide bonds. The molecule has 2 aromatic carbocycles. The fourth-order valence-electron chi connectivity index (χ4n) is 2.83. The summed E-state index contributed by atoms with van der Waals surface area (Å²) in [7, 11) is 3.29. The van der Waals surface area contributed by atoms with Crippen LogP contribution in [0.15, 0.2) is 48.5 Å². The van der Waals surface area contributed by atoms with E-state index in [0.717, 1.165) is 23.5 Å². The lowest BCUT2D eigenvalue weighted by molar-refractivity contribution is -0.144. The van der Waals surface area contributed by atoms with Crippen molar-refractivity contribution < 1.29 is 24.1 Å². The van der Waals surface area contributed by atoms with Crippen LogP contribution in [0.4, 0.5) is 0 Å². The first kappa shape index (κ1) is 19.8. The van der Waals surface area contributed by atoms with E-state index in [1.807, 2.05) is 48.5 Å². The molecule has 1 atom stereocenters. The highest BCUT2D eigenvalue weighted by atomic mass is 16.5. The lowest BCUT2D eigenvalue weighted by Crippen LogP contribution is -2.11. The number of methoxy groups -OCH3 is 2. The third-order valence-corrected chi connectivity index (χ3v) is 4.28. The molecule has 2 rings (SSSR count). The molecular weight excluding hydrogens is 332 g/mol. The zero-order chi connectivity index (χ0) is 18.8. The van der Waals surface area contributed by atoms with Gasteiger partial charge in [0, 0.05) is 6.42 Å². The minimum Gasteiger partial charge on any atom is -0.497 e. The summed E-state index contributed by atoms with van der Waals surface area (Å²) in [5.41, 5.74) is 2.33. The second-order valence-corrected chi connectivity index (χ2v) is 6.01. The van der Waals surface area contributed by atoms with E-state index >= 15 is 0 Å². The van der Waals surface area contributed by atoms with Gasteiger partial charge in [-0.05, 0) is 54.2 Å². The first-order valence-corrected chi connectivity index (χ1v) is 8.69. The molecule has 0 fully saturated rings. The Morgan fingerprint density at radius 1 is 0.962 bits per heavy atom. The van der Waals surface area contributed by atoms with E-state index < -0.39 is 0 Å². The molecular formula is C21H26O5. The smallest absolute Gasteiger partial charge is 0.305 e. The molecule has 0 aliphatic heterocycles. The van der Waals surface area contributed by atoms with Gasteiger partial charge in [0.1, 0.15) is 18.1 Å². The maximum absolute atomic E-state index is 11.8. The number of hydrogen-bond donors (Lipinski definition) is 1. The fraction of sp³-hybridized carbons (Fsp3) is 0.381. The molecule has 0 heterocycles. The first-order chi connectivity index (χ1) is 12.7. The van der Waals surface area contributed by atoms with Crippen LogP contribution in [0.5, 0.6) is 11.5 Å². The topological polar surface area (TPSA) is 65.0 Å². The number of carbonyl (C=O) groups is 1. The van der Waals surface area contributed by atoms with Gasteiger partial charge in [0.2, 0.25) is 0 Å². The first-order valence-electron chi connectivity index (χ1n) is 8.69. The zero-order valence-corrected chi connectivity index (χ0v) is 15.3. The molecule has 0 saturated heterocycles. The molecule has 0 aliphatic rings. The Morgan fingerprint density at radius 2 is 1.54 bits per heavy atom. The molecule has 2 aromatic rings. The normalized spacial score (nSPS) is 11.7. The molecule has 140 valence electrons. The number of esters is 1. The lowest BCUT2D eigenvalue weighted by atomic mass is 9.88. The van der Waals surface area contributed by atoms with Gasteiger partial charge in [-0.15, -0.1) is 0 Å². The number of benzene rings is 2. The number of carbonyl (C=O) groups excluding carboxylic acids is 1. The molecule has 5 nitrogen and oxygen atoms in total. The molecule has 26 heavy (non-hydrogen) atoms. The van der Waals surface area contributed by atoms with Gasteiger partial charge in [-0.25, -0.2) is 0 Å². The molecule has 0 bridgehead atoms. The Bertz CT molecular complexity index is 664. The summed E-state index contributed by atoms with van der Waals surface area (Å²) in [4.78, 5) is 11.8. The van der Waals surface area contributed by atoms with Gasteiger partial charge >= 0.3 is 5.97 Å². The van der Waals surface area contributed by atoms with E-state index in [1.54, 1.807) is 14.2 Å². The Morgan fingerprint density at radius 3 is 2.08 bits per heavy atom. The summed E-state index contributed by atoms with van der Waals surface area (Å²) in [5, 5.41) is 8.76. The van der Waals surface area contributed by atoms with Crippen LogP contribution in [0, 0.1) is 0 Å². The predicted molar refractivity (Wildman–Crippen MR) is 99.7 cm³/mol. The van der Waals surface area contributed by atoms with Gasteiger partial charge in [0.15, 0.2) is 0 Å². The fourth-order valence-corrected chi connectivity index (χ4v) is 2.83. The molecule has 0 spiro atoms. The quantitative estimate of drug-likeness (QED) is 0.660. The van der Waals surface area contributed by atoms with Gasteiger partial charge in [0.05, 0.1) is 20.8 Å². The van der Waals surface area contributed by atoms with Crippen molar-refractivity contribution in [1.82, 2.24) is 0 Å². The molecule has 0 aromatic heterocycles. The van der Waals surface area contributed by atoms with Crippen molar-refractivity contribution in [3.63, 3.8) is 0 Å². The van der Waals surface area contributed by atoms with E-state index in [1.165, 1.54) is 5.56 Å². The van der Waals surface area contributed by atoms with Crippen LogP contribution in [-0.2, 0) is 16.0 Å². The second kappa shape index (κ2) is 10.5. The summed E-state index contributed by atoms with van der Waals surface area (Å²) >= 11 is 0. The van der Waals surface area contributed by atoms with Gasteiger partial charge in [0.25, 0.3) is 0 Å². The van der Waals surface area contributed by atoms with E-state index in [-0.39, 0.29) is 25.1 Å². The van der Waals surface area contributed by atoms with Crippen LogP contribution in [0.1, 0.15) is 29.9 Å². The maximum Gasteiger partial charge on any atom is 0.305 e. The molecule has 0 aliphatic carbocycles. The van der Waals surface area contributed by atoms with Crippen molar-refractivity contribution in [3.05, 3.63) is 59.7 Å². The Balaban J connectivity index is 2.09. The Kier molecular flexibility index (Phi) is 7.96. The largest absolute Gasteiger partial charge is 0.497 e. The number of rotatable bonds is 10. The van der Waals surface area contributed by atoms with Gasteiger partial charge in [-0.1, -0.05) is 24.3 Å². The highest BCUT2D eigenvalue weighted by Crippen LogP contribution is 2.28. The molecule has 0 saturated carbocycles. The van der Waals surface area contributed by atoms with Crippen LogP contribution in [0.25, 0.3) is 0 Å². The number of hydrogen-bond acceptors (Lipinski definition) is 5. The van der Waals surface area contributed by atoms with E-state index in [4.69, 9.17) is 19.3 Å². The summed E-state index contributed by atoms with van der Waals surface area (Å²) in [6, 6.07) is 15.9. The summed E-state index contributed by atoms with van der Waals surface area (Å²) < 4.78 is 15.4. The Hall–Kier alpha value is -2.53. The van der Waals surface area contributed by atoms with Crippen LogP contribution < -0.4 is 9.47 Å². The monoisotopic (exact) mass is 358 g/mol. The molecule has 1 N–H and O–H groups in total. The van der Waals surface area contributed by atoms with E-state index in [0.29, 0.717) is 12.8 Å². The minimum atomic E-state index is -0.285. The van der Waals surface area contributed by atoms with Crippen molar-refractivity contribution in [3.8, 4) is 11.5 Å². The van der Waals surface area contributed by atoms with Gasteiger partial charge < -0.3 is 19.3 Å². The average Bonchev–Trinajstić information content (AvgIpc) is 2.70. The van der Waals surface area contributed by atoms with Crippen molar-refractivity contribution in [1.29, 1.82) is 0 Å². The standard InChI is InChI=1S/C21H26O5/c1-24-19-8-3-16(4-9-19)15-18(7-12-21(23)26-14-13-22)17-5-10-20(25-2)11-6-17/h3-6,8-11,18,22H,7,12-15H2,1-2H3/t18-/m1/s1.